The Balaban J connectivity index is 1.49. The third-order valence-corrected chi connectivity index (χ3v) is 12.5. The molecule has 0 saturated heterocycles. The van der Waals surface area contributed by atoms with Gasteiger partial charge in [-0.05, 0) is 136 Å². The van der Waals surface area contributed by atoms with E-state index in [1.54, 1.807) is 71.6 Å². The second-order valence-corrected chi connectivity index (χ2v) is 18.0. The molecule has 11 nitrogen and oxygen atoms in total. The highest BCUT2D eigenvalue weighted by atomic mass is 19.1. The number of carbonyl (C=O) groups is 2. The molecule has 12 heteroatoms. The average Bonchev–Trinajstić information content (AvgIpc) is 3.31. The Labute approximate surface area is 380 Å². The molecule has 1 saturated carbocycles. The van der Waals surface area contributed by atoms with Gasteiger partial charge in [0.2, 0.25) is 5.79 Å². The van der Waals surface area contributed by atoms with Crippen molar-refractivity contribution in [3.05, 3.63) is 149 Å². The molecule has 0 bridgehead atoms. The van der Waals surface area contributed by atoms with Crippen molar-refractivity contribution in [1.82, 2.24) is 4.90 Å². The molecule has 1 heterocycles. The first kappa shape index (κ1) is 46.9. The third kappa shape index (κ3) is 10.5. The highest BCUT2D eigenvalue weighted by Crippen LogP contribution is 2.62. The summed E-state index contributed by atoms with van der Waals surface area (Å²) in [4.78, 5) is 35.0. The summed E-state index contributed by atoms with van der Waals surface area (Å²) in [5, 5.41) is 34.5. The van der Waals surface area contributed by atoms with Gasteiger partial charge in [0.1, 0.15) is 41.0 Å². The smallest absolute Gasteiger partial charge is 0.254 e. The first-order valence-electron chi connectivity index (χ1n) is 22.5. The van der Waals surface area contributed by atoms with Crippen molar-refractivity contribution >= 4 is 17.9 Å². The molecule has 6 atom stereocenters. The Hall–Kier alpha value is -6.13. The minimum absolute atomic E-state index is 0.000352. The van der Waals surface area contributed by atoms with Crippen LogP contribution < -0.4 is 9.47 Å². The van der Waals surface area contributed by atoms with Crippen molar-refractivity contribution in [2.75, 3.05) is 19.8 Å². The SMILES string of the molecule is C=CCO[C@@]12Oc3ccc(Oc4cccc(C=O)c4)cc3[C@H]3[C@H](CCCCO)[C@@H](CCCCO)C=C(C(=NOC(C)(C)C)C[C@@H]1N(Cc1ccc(F)cc1)C(=O)c1ccc(C#N)cc1)[C@H]32. The van der Waals surface area contributed by atoms with Crippen LogP contribution in [0.15, 0.2) is 120 Å². The van der Waals surface area contributed by atoms with Crippen LogP contribution >= 0.6 is 0 Å². The molecule has 0 aromatic heterocycles. The van der Waals surface area contributed by atoms with E-state index < -0.39 is 29.2 Å². The molecule has 1 fully saturated rings. The number of nitrogens with zero attached hydrogens (tertiary/aromatic N) is 3. The molecular formula is C53H58FN3O8. The van der Waals surface area contributed by atoms with Crippen LogP contribution in [0.5, 0.6) is 17.2 Å². The molecule has 2 N–H and O–H groups in total. The van der Waals surface area contributed by atoms with E-state index in [0.717, 1.165) is 43.1 Å². The van der Waals surface area contributed by atoms with Crippen molar-refractivity contribution in [2.24, 2.45) is 22.9 Å². The van der Waals surface area contributed by atoms with Crippen molar-refractivity contribution in [3.63, 3.8) is 0 Å². The van der Waals surface area contributed by atoms with Crippen LogP contribution in [0.1, 0.15) is 109 Å². The number of halogens is 1. The Morgan fingerprint density at radius 3 is 2.38 bits per heavy atom. The molecule has 340 valence electrons. The summed E-state index contributed by atoms with van der Waals surface area (Å²) in [6.07, 6.45) is 9.10. The molecule has 4 aromatic carbocycles. The molecule has 1 amide bonds. The normalized spacial score (nSPS) is 22.6. The monoisotopic (exact) mass is 883 g/mol. The number of rotatable bonds is 19. The maximum absolute atomic E-state index is 15.3. The number of hydrogen-bond acceptors (Lipinski definition) is 10. The van der Waals surface area contributed by atoms with E-state index in [4.69, 9.17) is 24.2 Å². The van der Waals surface area contributed by atoms with Crippen LogP contribution in [-0.4, -0.2) is 70.3 Å². The zero-order valence-corrected chi connectivity index (χ0v) is 37.3. The number of nitriles is 1. The fourth-order valence-electron chi connectivity index (χ4n) is 9.65. The summed E-state index contributed by atoms with van der Waals surface area (Å²) in [5.74, 6) is -1.74. The number of oxime groups is 1. The van der Waals surface area contributed by atoms with Crippen LogP contribution in [0, 0.1) is 34.9 Å². The number of fused-ring (bicyclic) bond motifs is 2. The predicted molar refractivity (Wildman–Crippen MR) is 245 cm³/mol. The third-order valence-electron chi connectivity index (χ3n) is 12.5. The fourth-order valence-corrected chi connectivity index (χ4v) is 9.65. The number of carbonyl (C=O) groups excluding carboxylic acids is 2. The zero-order chi connectivity index (χ0) is 46.1. The quantitative estimate of drug-likeness (QED) is 0.0406. The first-order valence-corrected chi connectivity index (χ1v) is 22.5. The fraction of sp³-hybridized carbons (Fsp3) is 0.396. The van der Waals surface area contributed by atoms with Gasteiger partial charge in [-0.15, -0.1) is 6.58 Å². The maximum atomic E-state index is 15.3. The van der Waals surface area contributed by atoms with Gasteiger partial charge in [-0.3, -0.25) is 9.59 Å². The molecule has 7 rings (SSSR count). The highest BCUT2D eigenvalue weighted by molar-refractivity contribution is 6.03. The van der Waals surface area contributed by atoms with Gasteiger partial charge in [0.05, 0.1) is 29.9 Å². The van der Waals surface area contributed by atoms with Gasteiger partial charge in [-0.25, -0.2) is 4.39 Å². The number of hydrogen-bond donors (Lipinski definition) is 2. The van der Waals surface area contributed by atoms with Gasteiger partial charge >= 0.3 is 0 Å². The van der Waals surface area contributed by atoms with Crippen LogP contribution in [0.2, 0.25) is 0 Å². The van der Waals surface area contributed by atoms with Crippen LogP contribution in [0.3, 0.4) is 0 Å². The van der Waals surface area contributed by atoms with Gasteiger partial charge in [0.25, 0.3) is 5.91 Å². The molecule has 2 aliphatic carbocycles. The molecule has 1 aliphatic heterocycles. The largest absolute Gasteiger partial charge is 0.459 e. The van der Waals surface area contributed by atoms with Gasteiger partial charge in [0, 0.05) is 48.8 Å². The lowest BCUT2D eigenvalue weighted by Crippen LogP contribution is -2.70. The van der Waals surface area contributed by atoms with Crippen molar-refractivity contribution in [2.45, 2.75) is 95.6 Å². The lowest BCUT2D eigenvalue weighted by atomic mass is 9.55. The Morgan fingerprint density at radius 1 is 0.985 bits per heavy atom. The summed E-state index contributed by atoms with van der Waals surface area (Å²) in [5.41, 5.74) is 3.56. The summed E-state index contributed by atoms with van der Waals surface area (Å²) < 4.78 is 35.4. The number of benzene rings is 4. The van der Waals surface area contributed by atoms with E-state index in [0.29, 0.717) is 58.1 Å². The maximum Gasteiger partial charge on any atom is 0.254 e. The number of aliphatic hydroxyl groups excluding tert-OH is 2. The topological polar surface area (TPSA) is 151 Å². The minimum atomic E-state index is -1.56. The highest BCUT2D eigenvalue weighted by Gasteiger charge is 2.65. The summed E-state index contributed by atoms with van der Waals surface area (Å²) in [6.45, 7) is 10.0. The molecule has 3 aliphatic rings. The molecule has 65 heavy (non-hydrogen) atoms. The van der Waals surface area contributed by atoms with Crippen molar-refractivity contribution in [1.29, 1.82) is 5.26 Å². The summed E-state index contributed by atoms with van der Waals surface area (Å²) >= 11 is 0. The number of unbranched alkanes of at least 4 members (excludes halogenated alkanes) is 2. The van der Waals surface area contributed by atoms with E-state index in [2.05, 4.69) is 18.7 Å². The van der Waals surface area contributed by atoms with E-state index >= 15 is 4.79 Å². The van der Waals surface area contributed by atoms with E-state index in [-0.39, 0.29) is 56.4 Å². The predicted octanol–water partition coefficient (Wildman–Crippen LogP) is 10.1. The molecule has 0 unspecified atom stereocenters. The van der Waals surface area contributed by atoms with Crippen molar-refractivity contribution in [3.8, 4) is 23.3 Å². The Bertz CT molecular complexity index is 2420. The standard InChI is InChI=1S/C53H58FN3O8/c1-5-27-62-53-48(57(33-36-17-21-40(54)22-18-36)51(61)38-19-15-35(32-55)16-20-38)31-46(56-65-52(2,3)4)44-29-39(12-6-8-25-58)43(14-7-9-26-59)49(50(44)53)45-30-42(23-24-47(45)64-53)63-41-13-10-11-37(28-41)34-60/h5,10-11,13,15-24,28-30,34,39,43,48-50,58-59H,1,6-9,12,14,25-27,31,33H2,2-4H3/t39-,43+,48-,49+,50+,53+/m0/s1. The van der Waals surface area contributed by atoms with Gasteiger partial charge in [-0.2, -0.15) is 5.26 Å². The summed E-state index contributed by atoms with van der Waals surface area (Å²) in [6, 6.07) is 26.4. The second kappa shape index (κ2) is 20.8. The Morgan fingerprint density at radius 2 is 1.71 bits per heavy atom. The van der Waals surface area contributed by atoms with Crippen LogP contribution in [0.4, 0.5) is 4.39 Å². The number of allylic oxidation sites excluding steroid dienone is 1. The zero-order valence-electron chi connectivity index (χ0n) is 37.3. The Kier molecular flexibility index (Phi) is 15.0. The lowest BCUT2D eigenvalue weighted by Gasteiger charge is -2.60. The number of aldehydes is 1. The second-order valence-electron chi connectivity index (χ2n) is 18.0. The van der Waals surface area contributed by atoms with E-state index in [9.17, 15) is 24.7 Å². The molecule has 4 aromatic rings. The number of ether oxygens (including phenoxy) is 3. The summed E-state index contributed by atoms with van der Waals surface area (Å²) in [7, 11) is 0. The van der Waals surface area contributed by atoms with Crippen molar-refractivity contribution < 1.29 is 43.2 Å². The molecule has 0 radical (unpaired) electrons. The first-order chi connectivity index (χ1) is 31.4. The molecular weight excluding hydrogens is 826 g/mol. The van der Waals surface area contributed by atoms with E-state index in [1.807, 2.05) is 39.0 Å². The lowest BCUT2D eigenvalue weighted by molar-refractivity contribution is -0.255. The van der Waals surface area contributed by atoms with Gasteiger partial charge < -0.3 is 34.2 Å². The number of aliphatic hydroxyl groups is 2. The number of amides is 1. The average molecular weight is 884 g/mol. The minimum Gasteiger partial charge on any atom is -0.459 e. The van der Waals surface area contributed by atoms with Crippen LogP contribution in [-0.2, 0) is 16.1 Å². The van der Waals surface area contributed by atoms with Crippen LogP contribution in [0.25, 0.3) is 0 Å². The van der Waals surface area contributed by atoms with Gasteiger partial charge in [-0.1, -0.05) is 54.4 Å². The van der Waals surface area contributed by atoms with E-state index in [1.165, 1.54) is 12.1 Å². The van der Waals surface area contributed by atoms with Gasteiger partial charge in [0.15, 0.2) is 0 Å². The molecule has 0 spiro atoms.